The number of hydrogen-bond donors (Lipinski definition) is 2. The van der Waals surface area contributed by atoms with Gasteiger partial charge < -0.3 is 15.2 Å². The van der Waals surface area contributed by atoms with Crippen LogP contribution in [0, 0.1) is 5.92 Å². The first-order chi connectivity index (χ1) is 8.98. The van der Waals surface area contributed by atoms with Gasteiger partial charge in [-0.05, 0) is 30.9 Å². The summed E-state index contributed by atoms with van der Waals surface area (Å²) in [6.45, 7) is 1.98. The molecular formula is C12H18N2O4S. The maximum atomic E-state index is 11.3. The molecule has 1 fully saturated rings. The van der Waals surface area contributed by atoms with Crippen molar-refractivity contribution in [1.29, 1.82) is 0 Å². The third kappa shape index (κ3) is 3.59. The van der Waals surface area contributed by atoms with Crippen molar-refractivity contribution >= 4 is 15.7 Å². The fraction of sp³-hybridized carbons (Fsp3) is 0.500. The van der Waals surface area contributed by atoms with E-state index >= 15 is 0 Å². The molecule has 6 nitrogen and oxygen atoms in total. The summed E-state index contributed by atoms with van der Waals surface area (Å²) in [6, 6.07) is 4.57. The maximum absolute atomic E-state index is 11.3. The molecule has 0 unspecified atom stereocenters. The normalized spacial score (nSPS) is 17.3. The number of nitrogens with two attached hydrogens (primary N) is 2. The number of ether oxygens (including phenoxy) is 2. The van der Waals surface area contributed by atoms with E-state index in [0.29, 0.717) is 18.3 Å². The molecular weight excluding hydrogens is 268 g/mol. The van der Waals surface area contributed by atoms with E-state index in [1.807, 2.05) is 0 Å². The molecule has 0 saturated carbocycles. The lowest BCUT2D eigenvalue weighted by Gasteiger charge is -2.22. The number of hydrogen-bond acceptors (Lipinski definition) is 5. The Balaban J connectivity index is 2.08. The van der Waals surface area contributed by atoms with Crippen LogP contribution in [0.25, 0.3) is 0 Å². The van der Waals surface area contributed by atoms with Gasteiger partial charge in [-0.25, -0.2) is 13.6 Å². The highest BCUT2D eigenvalue weighted by Crippen LogP contribution is 2.28. The second kappa shape index (κ2) is 5.77. The quantitative estimate of drug-likeness (QED) is 0.794. The Kier molecular flexibility index (Phi) is 4.28. The molecule has 0 atom stereocenters. The summed E-state index contributed by atoms with van der Waals surface area (Å²) in [4.78, 5) is -0.100. The van der Waals surface area contributed by atoms with E-state index in [4.69, 9.17) is 20.3 Å². The Morgan fingerprint density at radius 2 is 2.00 bits per heavy atom. The molecule has 0 bridgehead atoms. The molecule has 1 aliphatic heterocycles. The molecule has 7 heteroatoms. The molecule has 1 aliphatic rings. The molecule has 0 radical (unpaired) electrons. The third-order valence-electron chi connectivity index (χ3n) is 3.15. The maximum Gasteiger partial charge on any atom is 0.240 e. The van der Waals surface area contributed by atoms with Gasteiger partial charge in [0.05, 0.1) is 12.3 Å². The van der Waals surface area contributed by atoms with Gasteiger partial charge in [0.25, 0.3) is 0 Å². The first kappa shape index (κ1) is 14.1. The lowest BCUT2D eigenvalue weighted by atomic mass is 10.0. The summed E-state index contributed by atoms with van der Waals surface area (Å²) >= 11 is 0. The Labute approximate surface area is 112 Å². The van der Waals surface area contributed by atoms with Crippen LogP contribution in [-0.4, -0.2) is 28.2 Å². The molecule has 1 heterocycles. The molecule has 1 aromatic carbocycles. The highest BCUT2D eigenvalue weighted by Gasteiger charge is 2.18. The summed E-state index contributed by atoms with van der Waals surface area (Å²) in [7, 11) is -3.82. The van der Waals surface area contributed by atoms with Gasteiger partial charge in [0.15, 0.2) is 0 Å². The smallest absolute Gasteiger partial charge is 0.240 e. The Hall–Kier alpha value is -1.31. The van der Waals surface area contributed by atoms with Crippen molar-refractivity contribution in [3.05, 3.63) is 18.2 Å². The van der Waals surface area contributed by atoms with Crippen molar-refractivity contribution in [2.75, 3.05) is 25.6 Å². The van der Waals surface area contributed by atoms with E-state index in [1.165, 1.54) is 6.07 Å². The number of rotatable bonds is 4. The van der Waals surface area contributed by atoms with Crippen LogP contribution >= 0.6 is 0 Å². The monoisotopic (exact) mass is 286 g/mol. The number of primary sulfonamides is 1. The minimum absolute atomic E-state index is 0.0667. The zero-order chi connectivity index (χ0) is 13.9. The second-order valence-corrected chi connectivity index (χ2v) is 6.11. The standard InChI is InChI=1S/C12H18N2O4S/c13-12-10(2-1-3-11(12)19(14,15)16)18-8-9-4-6-17-7-5-9/h1-3,9H,4-8,13H2,(H2,14,15,16). The van der Waals surface area contributed by atoms with Crippen LogP contribution in [0.4, 0.5) is 5.69 Å². The predicted molar refractivity (Wildman–Crippen MR) is 71.3 cm³/mol. The number of benzene rings is 1. The number of nitrogen functional groups attached to an aromatic ring is 1. The van der Waals surface area contributed by atoms with Gasteiger partial charge in [-0.15, -0.1) is 0 Å². The molecule has 0 amide bonds. The Morgan fingerprint density at radius 1 is 1.32 bits per heavy atom. The molecule has 19 heavy (non-hydrogen) atoms. The minimum atomic E-state index is -3.82. The van der Waals surface area contributed by atoms with Crippen LogP contribution in [0.3, 0.4) is 0 Å². The average Bonchev–Trinajstić information content (AvgIpc) is 2.37. The van der Waals surface area contributed by atoms with Crippen LogP contribution in [0.2, 0.25) is 0 Å². The third-order valence-corrected chi connectivity index (χ3v) is 4.12. The van der Waals surface area contributed by atoms with Gasteiger partial charge in [-0.2, -0.15) is 0 Å². The lowest BCUT2D eigenvalue weighted by molar-refractivity contribution is 0.0498. The molecule has 1 saturated heterocycles. The number of anilines is 1. The molecule has 0 aromatic heterocycles. The Morgan fingerprint density at radius 3 is 2.63 bits per heavy atom. The van der Waals surface area contributed by atoms with E-state index in [2.05, 4.69) is 0 Å². The molecule has 106 valence electrons. The van der Waals surface area contributed by atoms with Crippen LogP contribution in [0.5, 0.6) is 5.75 Å². The minimum Gasteiger partial charge on any atom is -0.491 e. The van der Waals surface area contributed by atoms with E-state index < -0.39 is 10.0 Å². The first-order valence-corrected chi connectivity index (χ1v) is 7.65. The van der Waals surface area contributed by atoms with E-state index in [9.17, 15) is 8.42 Å². The van der Waals surface area contributed by atoms with Gasteiger partial charge in [0.2, 0.25) is 10.0 Å². The molecule has 0 spiro atoms. The van der Waals surface area contributed by atoms with Crippen LogP contribution in [-0.2, 0) is 14.8 Å². The predicted octanol–water partition coefficient (Wildman–Crippen LogP) is 0.722. The molecule has 2 rings (SSSR count). The van der Waals surface area contributed by atoms with Crippen molar-refractivity contribution in [1.82, 2.24) is 0 Å². The van der Waals surface area contributed by atoms with Crippen molar-refractivity contribution in [3.63, 3.8) is 0 Å². The number of sulfonamides is 1. The van der Waals surface area contributed by atoms with Crippen molar-refractivity contribution in [2.45, 2.75) is 17.7 Å². The van der Waals surface area contributed by atoms with Gasteiger partial charge in [-0.1, -0.05) is 6.07 Å². The summed E-state index contributed by atoms with van der Waals surface area (Å²) in [5.41, 5.74) is 5.84. The highest BCUT2D eigenvalue weighted by molar-refractivity contribution is 7.89. The molecule has 4 N–H and O–H groups in total. The largest absolute Gasteiger partial charge is 0.491 e. The van der Waals surface area contributed by atoms with Gasteiger partial charge in [0, 0.05) is 13.2 Å². The molecule has 1 aromatic rings. The van der Waals surface area contributed by atoms with Gasteiger partial charge >= 0.3 is 0 Å². The topological polar surface area (TPSA) is 105 Å². The van der Waals surface area contributed by atoms with E-state index in [1.54, 1.807) is 12.1 Å². The second-order valence-electron chi connectivity index (χ2n) is 4.58. The average molecular weight is 286 g/mol. The number of para-hydroxylation sites is 1. The fourth-order valence-electron chi connectivity index (χ4n) is 2.02. The SMILES string of the molecule is Nc1c(OCC2CCOCC2)cccc1S(N)(=O)=O. The summed E-state index contributed by atoms with van der Waals surface area (Å²) < 4.78 is 33.5. The van der Waals surface area contributed by atoms with Crippen molar-refractivity contribution in [2.24, 2.45) is 11.1 Å². The van der Waals surface area contributed by atoms with Crippen LogP contribution in [0.15, 0.2) is 23.1 Å². The van der Waals surface area contributed by atoms with Crippen LogP contribution in [0.1, 0.15) is 12.8 Å². The lowest BCUT2D eigenvalue weighted by Crippen LogP contribution is -2.22. The van der Waals surface area contributed by atoms with E-state index in [-0.39, 0.29) is 10.6 Å². The highest BCUT2D eigenvalue weighted by atomic mass is 32.2. The van der Waals surface area contributed by atoms with E-state index in [0.717, 1.165) is 26.1 Å². The zero-order valence-corrected chi connectivity index (χ0v) is 11.4. The van der Waals surface area contributed by atoms with Gasteiger partial charge in [0.1, 0.15) is 10.6 Å². The van der Waals surface area contributed by atoms with Gasteiger partial charge in [-0.3, -0.25) is 0 Å². The summed E-state index contributed by atoms with van der Waals surface area (Å²) in [5.74, 6) is 0.768. The summed E-state index contributed by atoms with van der Waals surface area (Å²) in [6.07, 6.45) is 1.88. The van der Waals surface area contributed by atoms with Crippen molar-refractivity contribution in [3.8, 4) is 5.75 Å². The fourth-order valence-corrected chi connectivity index (χ4v) is 2.69. The first-order valence-electron chi connectivity index (χ1n) is 6.10. The Bertz CT molecular complexity index is 539. The zero-order valence-electron chi connectivity index (χ0n) is 10.5. The van der Waals surface area contributed by atoms with Crippen molar-refractivity contribution < 1.29 is 17.9 Å². The summed E-state index contributed by atoms with van der Waals surface area (Å²) in [5, 5.41) is 5.09. The van der Waals surface area contributed by atoms with Crippen LogP contribution < -0.4 is 15.6 Å². The molecule has 0 aliphatic carbocycles.